The zero-order chi connectivity index (χ0) is 40.6. The lowest BCUT2D eigenvalue weighted by Gasteiger charge is -2.23. The van der Waals surface area contributed by atoms with Gasteiger partial charge >= 0.3 is 0 Å². The van der Waals surface area contributed by atoms with Crippen molar-refractivity contribution in [3.63, 3.8) is 0 Å². The molecule has 0 N–H and O–H groups in total. The van der Waals surface area contributed by atoms with E-state index in [4.69, 9.17) is 0 Å². The SMILES string of the molecule is C=CC(C)=CC=CN(C(C)=CC=C(C)c1ccc2c(c1)C(C)(C)c1cc(C(=C)C=CC(=C)c3ccc4c(c3)C(C)(C)c3ccccc3-4)ccc1-2)c1ccc(F)cc1. The van der Waals surface area contributed by atoms with Gasteiger partial charge in [-0.1, -0.05) is 144 Å². The minimum atomic E-state index is -0.258. The highest BCUT2D eigenvalue weighted by Gasteiger charge is 2.36. The average Bonchev–Trinajstić information content (AvgIpc) is 3.59. The van der Waals surface area contributed by atoms with Gasteiger partial charge in [-0.05, 0) is 153 Å². The third-order valence-corrected chi connectivity index (χ3v) is 11.9. The van der Waals surface area contributed by atoms with Gasteiger partial charge in [0.1, 0.15) is 5.82 Å². The van der Waals surface area contributed by atoms with E-state index in [1.54, 1.807) is 12.1 Å². The topological polar surface area (TPSA) is 3.24 Å². The van der Waals surface area contributed by atoms with Crippen LogP contribution in [0, 0.1) is 5.82 Å². The van der Waals surface area contributed by atoms with Gasteiger partial charge in [-0.2, -0.15) is 0 Å². The van der Waals surface area contributed by atoms with Gasteiger partial charge in [-0.15, -0.1) is 0 Å². The summed E-state index contributed by atoms with van der Waals surface area (Å²) >= 11 is 0. The fourth-order valence-corrected chi connectivity index (χ4v) is 8.26. The maximum atomic E-state index is 13.8. The minimum Gasteiger partial charge on any atom is -0.321 e. The van der Waals surface area contributed by atoms with Crippen LogP contribution in [-0.4, -0.2) is 0 Å². The number of nitrogens with zero attached hydrogens (tertiary/aromatic N) is 1. The molecule has 0 aliphatic heterocycles. The highest BCUT2D eigenvalue weighted by molar-refractivity contribution is 5.88. The zero-order valence-electron chi connectivity index (χ0n) is 34.4. The Morgan fingerprint density at radius 3 is 1.63 bits per heavy atom. The van der Waals surface area contributed by atoms with Gasteiger partial charge in [0.2, 0.25) is 0 Å². The zero-order valence-corrected chi connectivity index (χ0v) is 34.4. The van der Waals surface area contributed by atoms with Gasteiger partial charge in [0, 0.05) is 28.4 Å². The van der Waals surface area contributed by atoms with Crippen molar-refractivity contribution in [2.24, 2.45) is 0 Å². The van der Waals surface area contributed by atoms with Crippen molar-refractivity contribution in [2.75, 3.05) is 4.90 Å². The second-order valence-electron chi connectivity index (χ2n) is 16.4. The lowest BCUT2D eigenvalue weighted by atomic mass is 9.81. The second kappa shape index (κ2) is 15.4. The number of halogens is 1. The molecule has 1 nitrogen and oxygen atoms in total. The summed E-state index contributed by atoms with van der Waals surface area (Å²) in [6.07, 6.45) is 16.3. The lowest BCUT2D eigenvalue weighted by Crippen LogP contribution is -2.15. The summed E-state index contributed by atoms with van der Waals surface area (Å²) < 4.78 is 13.8. The van der Waals surface area contributed by atoms with E-state index in [9.17, 15) is 4.39 Å². The molecular formula is C55H52FN. The summed E-state index contributed by atoms with van der Waals surface area (Å²) in [5, 5.41) is 0. The quantitative estimate of drug-likeness (QED) is 0.122. The molecular weight excluding hydrogens is 694 g/mol. The van der Waals surface area contributed by atoms with Crippen LogP contribution in [-0.2, 0) is 10.8 Å². The maximum absolute atomic E-state index is 13.8. The largest absolute Gasteiger partial charge is 0.321 e. The predicted molar refractivity (Wildman–Crippen MR) is 245 cm³/mol. The molecule has 2 aliphatic rings. The number of allylic oxidation sites excluding steroid dienone is 12. The smallest absolute Gasteiger partial charge is 0.123 e. The first-order chi connectivity index (χ1) is 27.2. The molecule has 2 aliphatic carbocycles. The summed E-state index contributed by atoms with van der Waals surface area (Å²) in [4.78, 5) is 2.06. The summed E-state index contributed by atoms with van der Waals surface area (Å²) in [6, 6.07) is 35.6. The number of anilines is 1. The molecule has 7 rings (SSSR count). The van der Waals surface area contributed by atoms with Crippen molar-refractivity contribution < 1.29 is 4.39 Å². The highest BCUT2D eigenvalue weighted by atomic mass is 19.1. The Morgan fingerprint density at radius 2 is 1.07 bits per heavy atom. The van der Waals surface area contributed by atoms with Gasteiger partial charge in [0.25, 0.3) is 0 Å². The van der Waals surface area contributed by atoms with E-state index in [1.165, 1.54) is 62.2 Å². The van der Waals surface area contributed by atoms with Crippen LogP contribution in [0.1, 0.15) is 87.4 Å². The van der Waals surface area contributed by atoms with E-state index in [0.717, 1.165) is 44.8 Å². The standard InChI is InChI=1S/C55H52FN/c1-11-36(2)15-14-32-57(45-27-25-44(56)26-28-45)40(6)21-20-39(5)43-24-31-49-48-30-23-42(34-52(48)55(9,10)53(49)35-43)38(4)19-18-37(3)41-22-29-47-46-16-12-13-17-50(46)54(7,8)51(47)33-41/h11-35H,1,3-4H2,2,5-10H3. The van der Waals surface area contributed by atoms with E-state index < -0.39 is 0 Å². The van der Waals surface area contributed by atoms with Gasteiger partial charge in [0.05, 0.1) is 0 Å². The van der Waals surface area contributed by atoms with Crippen LogP contribution in [0.5, 0.6) is 0 Å². The molecule has 284 valence electrons. The number of rotatable bonds is 11. The van der Waals surface area contributed by atoms with Crippen molar-refractivity contribution in [1.29, 1.82) is 0 Å². The number of hydrogen-bond donors (Lipinski definition) is 0. The third kappa shape index (κ3) is 7.41. The van der Waals surface area contributed by atoms with Crippen LogP contribution < -0.4 is 4.90 Å². The Hall–Kier alpha value is -6.25. The summed E-state index contributed by atoms with van der Waals surface area (Å²) in [5.74, 6) is -0.258. The second-order valence-corrected chi connectivity index (χ2v) is 16.4. The van der Waals surface area contributed by atoms with Crippen LogP contribution >= 0.6 is 0 Å². The normalized spacial score (nSPS) is 15.3. The van der Waals surface area contributed by atoms with E-state index in [0.29, 0.717) is 0 Å². The van der Waals surface area contributed by atoms with E-state index in [1.807, 2.05) is 31.4 Å². The average molecular weight is 746 g/mol. The van der Waals surface area contributed by atoms with Crippen molar-refractivity contribution in [3.05, 3.63) is 228 Å². The predicted octanol–water partition coefficient (Wildman–Crippen LogP) is 15.2. The van der Waals surface area contributed by atoms with Crippen LogP contribution in [0.15, 0.2) is 183 Å². The first-order valence-electron chi connectivity index (χ1n) is 19.7. The maximum Gasteiger partial charge on any atom is 0.123 e. The van der Waals surface area contributed by atoms with Gasteiger partial charge in [0.15, 0.2) is 0 Å². The molecule has 5 aromatic carbocycles. The van der Waals surface area contributed by atoms with Gasteiger partial charge < -0.3 is 4.90 Å². The fourth-order valence-electron chi connectivity index (χ4n) is 8.26. The molecule has 0 spiro atoms. The Labute approximate surface area is 339 Å². The first kappa shape index (κ1) is 39.0. The van der Waals surface area contributed by atoms with Crippen LogP contribution in [0.25, 0.3) is 39.0 Å². The fraction of sp³-hybridized carbons (Fsp3) is 0.164. The van der Waals surface area contributed by atoms with Crippen LogP contribution in [0.4, 0.5) is 10.1 Å². The summed E-state index contributed by atoms with van der Waals surface area (Å²) in [5.41, 5.74) is 19.7. The Morgan fingerprint density at radius 1 is 0.579 bits per heavy atom. The summed E-state index contributed by atoms with van der Waals surface area (Å²) in [7, 11) is 0. The van der Waals surface area contributed by atoms with Gasteiger partial charge in [-0.3, -0.25) is 0 Å². The lowest BCUT2D eigenvalue weighted by molar-refractivity contribution is 0.628. The number of hydrogen-bond acceptors (Lipinski definition) is 1. The third-order valence-electron chi connectivity index (χ3n) is 11.9. The van der Waals surface area contributed by atoms with Gasteiger partial charge in [-0.25, -0.2) is 4.39 Å². The molecule has 0 saturated carbocycles. The minimum absolute atomic E-state index is 0.0509. The Balaban J connectivity index is 1.09. The molecule has 2 heteroatoms. The molecule has 0 fully saturated rings. The number of fused-ring (bicyclic) bond motifs is 6. The number of benzene rings is 5. The van der Waals surface area contributed by atoms with Crippen LogP contribution in [0.2, 0.25) is 0 Å². The Bertz CT molecular complexity index is 2600. The highest BCUT2D eigenvalue weighted by Crippen LogP contribution is 2.51. The molecule has 0 saturated heterocycles. The van der Waals surface area contributed by atoms with Crippen molar-refractivity contribution in [1.82, 2.24) is 0 Å². The van der Waals surface area contributed by atoms with E-state index >= 15 is 0 Å². The first-order valence-corrected chi connectivity index (χ1v) is 19.7. The molecule has 0 radical (unpaired) electrons. The molecule has 0 unspecified atom stereocenters. The van der Waals surface area contributed by atoms with Crippen molar-refractivity contribution in [2.45, 2.75) is 59.3 Å². The Kier molecular flexibility index (Phi) is 10.5. The summed E-state index contributed by atoms with van der Waals surface area (Å²) in [6.45, 7) is 28.3. The molecule has 0 atom stereocenters. The molecule has 57 heavy (non-hydrogen) atoms. The molecule has 0 aromatic heterocycles. The van der Waals surface area contributed by atoms with E-state index in [-0.39, 0.29) is 16.6 Å². The van der Waals surface area contributed by atoms with Crippen LogP contribution in [0.3, 0.4) is 0 Å². The molecule has 0 heterocycles. The van der Waals surface area contributed by atoms with Crippen molar-refractivity contribution in [3.8, 4) is 22.3 Å². The molecule has 0 bridgehead atoms. The molecule has 0 amide bonds. The monoisotopic (exact) mass is 745 g/mol. The van der Waals surface area contributed by atoms with E-state index in [2.05, 4.69) is 169 Å². The molecule has 5 aromatic rings. The van der Waals surface area contributed by atoms with Crippen molar-refractivity contribution >= 4 is 22.4 Å².